The van der Waals surface area contributed by atoms with E-state index in [1.165, 1.54) is 0 Å². The summed E-state index contributed by atoms with van der Waals surface area (Å²) in [6.45, 7) is -0.750. The van der Waals surface area contributed by atoms with Crippen LogP contribution in [0.1, 0.15) is 0 Å². The van der Waals surface area contributed by atoms with E-state index < -0.39 is 44.6 Å². The molecule has 0 aromatic rings. The van der Waals surface area contributed by atoms with Gasteiger partial charge in [-0.1, -0.05) is 0 Å². The van der Waals surface area contributed by atoms with Crippen molar-refractivity contribution in [2.24, 2.45) is 0 Å². The van der Waals surface area contributed by atoms with Gasteiger partial charge in [-0.15, -0.1) is 0 Å². The summed E-state index contributed by atoms with van der Waals surface area (Å²) < 4.78 is 17.1. The van der Waals surface area contributed by atoms with Crippen LogP contribution >= 0.6 is 0 Å². The number of hydrogen-bond acceptors (Lipinski definition) is 4. The monoisotopic (exact) mass is 360 g/mol. The summed E-state index contributed by atoms with van der Waals surface area (Å²) in [4.78, 5) is 0. The summed E-state index contributed by atoms with van der Waals surface area (Å²) in [5.41, 5.74) is 0. The van der Waals surface area contributed by atoms with Crippen molar-refractivity contribution >= 4 is 0 Å². The van der Waals surface area contributed by atoms with E-state index in [-0.39, 0.29) is 41.7 Å². The molecule has 0 radical (unpaired) electrons. The van der Waals surface area contributed by atoms with E-state index in [1.807, 2.05) is 0 Å². The van der Waals surface area contributed by atoms with Crippen LogP contribution in [0.15, 0.2) is 0 Å². The third-order valence-electron chi connectivity index (χ3n) is 0. The first-order chi connectivity index (χ1) is 2.83. The van der Waals surface area contributed by atoms with Crippen LogP contribution < -0.4 is 0 Å². The van der Waals surface area contributed by atoms with Crippen molar-refractivity contribution in [3.8, 4) is 0 Å². The molecule has 6 heteroatoms. The predicted molar refractivity (Wildman–Crippen MR) is 10.7 cm³/mol. The second-order valence-electron chi connectivity index (χ2n) is 0.225. The van der Waals surface area contributed by atoms with Crippen LogP contribution in [0.3, 0.4) is 0 Å². The fraction of sp³-hybridized carbons (Fsp3) is 1.00. The van der Waals surface area contributed by atoms with Crippen LogP contribution in [0.5, 0.6) is 0 Å². The van der Waals surface area contributed by atoms with Gasteiger partial charge in [0.25, 0.3) is 0 Å². The Kier molecular flexibility index (Phi) is 55.2. The molecule has 0 spiro atoms. The van der Waals surface area contributed by atoms with E-state index in [2.05, 4.69) is 0 Å². The van der Waals surface area contributed by atoms with E-state index in [1.54, 1.807) is 0 Å². The second-order valence-corrected chi connectivity index (χ2v) is 0.748. The molecule has 4 nitrogen and oxygen atoms in total. The quantitative estimate of drug-likeness (QED) is 0.526. The fourth-order valence-electron chi connectivity index (χ4n) is 0. The Hall–Kier alpha value is 2.27. The van der Waals surface area contributed by atoms with Gasteiger partial charge in [-0.25, -0.2) is 0 Å². The Balaban J connectivity index is -0.0000000400. The van der Waals surface area contributed by atoms with Crippen LogP contribution in [0.4, 0.5) is 0 Å². The normalized spacial score (nSPS) is 3.71. The summed E-state index contributed by atoms with van der Waals surface area (Å²) in [5, 5.41) is 14.2. The van der Waals surface area contributed by atoms with E-state index in [0.717, 1.165) is 0 Å². The minimum absolute atomic E-state index is 0. The van der Waals surface area contributed by atoms with Gasteiger partial charge in [0, 0.05) is 41.7 Å². The molecule has 0 saturated heterocycles. The Labute approximate surface area is 96.0 Å². The molecular formula is CH4Ce2O4. The third-order valence-corrected chi connectivity index (χ3v) is 0. The molecule has 0 aromatic carbocycles. The SMILES string of the molecule is OCO.[Ce].[O]=[Ce]=[O]. The van der Waals surface area contributed by atoms with Crippen LogP contribution in [0.25, 0.3) is 0 Å². The third kappa shape index (κ3) is 63.0. The molecular weight excluding hydrogens is 356 g/mol. The minimum atomic E-state index is -2.42. The summed E-state index contributed by atoms with van der Waals surface area (Å²) in [7, 11) is 0. The summed E-state index contributed by atoms with van der Waals surface area (Å²) >= 11 is -2.42. The van der Waals surface area contributed by atoms with Gasteiger partial charge in [-0.3, -0.25) is 0 Å². The van der Waals surface area contributed by atoms with Crippen molar-refractivity contribution in [3.63, 3.8) is 0 Å². The van der Waals surface area contributed by atoms with Gasteiger partial charge in [-0.2, -0.15) is 0 Å². The zero-order valence-corrected chi connectivity index (χ0v) is 9.70. The van der Waals surface area contributed by atoms with Gasteiger partial charge in [0.05, 0.1) is 0 Å². The summed E-state index contributed by atoms with van der Waals surface area (Å²) in [6, 6.07) is 0. The first-order valence-corrected chi connectivity index (χ1v) is 3.60. The van der Waals surface area contributed by atoms with Crippen molar-refractivity contribution in [3.05, 3.63) is 0 Å². The molecule has 0 rings (SSSR count). The Bertz CT molecular complexity index is 39.0. The molecule has 40 valence electrons. The maximum absolute atomic E-state index is 8.57. The molecule has 7 heavy (non-hydrogen) atoms. The van der Waals surface area contributed by atoms with Crippen LogP contribution in [0, 0.1) is 79.5 Å². The van der Waals surface area contributed by atoms with Crippen LogP contribution in [0.2, 0.25) is 0 Å². The van der Waals surface area contributed by atoms with Crippen LogP contribution in [-0.2, 0) is 1.88 Å². The van der Waals surface area contributed by atoms with Gasteiger partial charge < -0.3 is 10.2 Å². The molecule has 0 saturated carbocycles. The maximum atomic E-state index is 8.57. The van der Waals surface area contributed by atoms with Gasteiger partial charge in [0.2, 0.25) is 0 Å². The molecule has 0 heterocycles. The molecule has 0 atom stereocenters. The molecule has 2 N–H and O–H groups in total. The Morgan fingerprint density at radius 3 is 1.29 bits per heavy atom. The number of hydrogen-bond donors (Lipinski definition) is 2. The first kappa shape index (κ1) is 16.1. The molecule has 0 aromatic heterocycles. The molecule has 0 fully saturated rings. The van der Waals surface area contributed by atoms with Crippen molar-refractivity contribution in [2.45, 2.75) is 0 Å². The summed E-state index contributed by atoms with van der Waals surface area (Å²) in [6.07, 6.45) is 0. The molecule has 0 amide bonds. The molecule has 0 bridgehead atoms. The Morgan fingerprint density at radius 2 is 1.29 bits per heavy atom. The van der Waals surface area contributed by atoms with E-state index in [4.69, 9.17) is 12.1 Å². The average Bonchev–Trinajstić information content (AvgIpc) is 1.39. The number of aliphatic hydroxyl groups excluding tert-OH is 1. The number of aliphatic hydroxyl groups is 2. The Morgan fingerprint density at radius 1 is 1.29 bits per heavy atom. The van der Waals surface area contributed by atoms with E-state index in [0.29, 0.717) is 0 Å². The molecule has 0 aliphatic heterocycles. The van der Waals surface area contributed by atoms with Crippen molar-refractivity contribution in [2.75, 3.05) is 6.79 Å². The van der Waals surface area contributed by atoms with Crippen molar-refractivity contribution in [1.29, 1.82) is 0 Å². The zero-order chi connectivity index (χ0) is 5.41. The van der Waals surface area contributed by atoms with Gasteiger partial charge in [0.15, 0.2) is 0 Å². The first-order valence-electron chi connectivity index (χ1n) is 1.04. The topological polar surface area (TPSA) is 74.6 Å². The second kappa shape index (κ2) is 24.0. The molecule has 0 aliphatic carbocycles. The molecule has 0 unspecified atom stereocenters. The zero-order valence-electron chi connectivity index (χ0n) is 3.42. The number of rotatable bonds is 0. The van der Waals surface area contributed by atoms with Gasteiger partial charge in [-0.05, 0) is 0 Å². The van der Waals surface area contributed by atoms with Gasteiger partial charge in [0.1, 0.15) is 6.79 Å². The van der Waals surface area contributed by atoms with E-state index >= 15 is 0 Å². The van der Waals surface area contributed by atoms with E-state index in [9.17, 15) is 0 Å². The standard InChI is InChI=1S/CH4O2.2Ce.2O/c2-1-3;;;;/h2-3H,1H2;;;;. The van der Waals surface area contributed by atoms with Crippen molar-refractivity contribution < 1.29 is 91.6 Å². The molecule has 0 aliphatic rings. The summed E-state index contributed by atoms with van der Waals surface area (Å²) in [5.74, 6) is 0. The van der Waals surface area contributed by atoms with Crippen LogP contribution in [-0.4, -0.2) is 17.0 Å². The average molecular weight is 360 g/mol. The fourth-order valence-corrected chi connectivity index (χ4v) is 0. The predicted octanol–water partition coefficient (Wildman–Crippen LogP) is -1.31. The van der Waals surface area contributed by atoms with Crippen molar-refractivity contribution in [1.82, 2.24) is 0 Å². The van der Waals surface area contributed by atoms with Gasteiger partial charge >= 0.3 is 39.7 Å².